The Morgan fingerprint density at radius 2 is 2.32 bits per heavy atom. The van der Waals surface area contributed by atoms with Crippen LogP contribution in [0.5, 0.6) is 0 Å². The number of nitrogens with one attached hydrogen (secondary N) is 1. The van der Waals surface area contributed by atoms with Gasteiger partial charge in [0.05, 0.1) is 12.0 Å². The van der Waals surface area contributed by atoms with E-state index in [-0.39, 0.29) is 5.91 Å². The van der Waals surface area contributed by atoms with Crippen LogP contribution in [0.25, 0.3) is 6.08 Å². The van der Waals surface area contributed by atoms with E-state index in [1.54, 1.807) is 35.8 Å². The Hall–Kier alpha value is -1.88. The number of carbonyl (C=O) groups excluding carboxylic acids is 1. The highest BCUT2D eigenvalue weighted by Gasteiger charge is 2.15. The van der Waals surface area contributed by atoms with E-state index in [2.05, 4.69) is 10.3 Å². The van der Waals surface area contributed by atoms with Crippen molar-refractivity contribution >= 4 is 28.5 Å². The summed E-state index contributed by atoms with van der Waals surface area (Å²) in [5, 5.41) is 3.50. The minimum Gasteiger partial charge on any atom is -0.465 e. The standard InChI is InChI=1S/C14H14N2O2S/c17-13(8-7-10-4-3-9-18-10)16-14-15-11-5-1-2-6-12(11)19-14/h3-4,7-9H,1-2,5-6H2,(H,15,16,17)/b8-7+. The number of amides is 1. The number of thiazole rings is 1. The van der Waals surface area contributed by atoms with Gasteiger partial charge in [-0.25, -0.2) is 4.98 Å². The van der Waals surface area contributed by atoms with E-state index in [9.17, 15) is 4.79 Å². The number of hydrogen-bond acceptors (Lipinski definition) is 4. The van der Waals surface area contributed by atoms with Crippen LogP contribution in [0.15, 0.2) is 28.9 Å². The number of fused-ring (bicyclic) bond motifs is 1. The van der Waals surface area contributed by atoms with Crippen LogP contribution in [0.4, 0.5) is 5.13 Å². The van der Waals surface area contributed by atoms with Gasteiger partial charge in [-0.05, 0) is 43.9 Å². The molecule has 4 nitrogen and oxygen atoms in total. The zero-order chi connectivity index (χ0) is 13.1. The molecule has 0 radical (unpaired) electrons. The van der Waals surface area contributed by atoms with Gasteiger partial charge in [0.15, 0.2) is 5.13 Å². The molecule has 0 aliphatic heterocycles. The fourth-order valence-corrected chi connectivity index (χ4v) is 3.15. The van der Waals surface area contributed by atoms with Crippen LogP contribution in [0, 0.1) is 0 Å². The van der Waals surface area contributed by atoms with Crippen LogP contribution >= 0.6 is 11.3 Å². The number of rotatable bonds is 3. The monoisotopic (exact) mass is 274 g/mol. The molecule has 0 fully saturated rings. The maximum absolute atomic E-state index is 11.7. The summed E-state index contributed by atoms with van der Waals surface area (Å²) in [7, 11) is 0. The minimum absolute atomic E-state index is 0.178. The van der Waals surface area contributed by atoms with Crippen molar-refractivity contribution in [2.75, 3.05) is 5.32 Å². The molecular formula is C14H14N2O2S. The fourth-order valence-electron chi connectivity index (χ4n) is 2.10. The molecule has 2 aromatic heterocycles. The van der Waals surface area contributed by atoms with Crippen molar-refractivity contribution in [2.24, 2.45) is 0 Å². The highest BCUT2D eigenvalue weighted by molar-refractivity contribution is 7.15. The van der Waals surface area contributed by atoms with E-state index in [0.717, 1.165) is 18.5 Å². The molecule has 0 spiro atoms. The van der Waals surface area contributed by atoms with Crippen LogP contribution < -0.4 is 5.32 Å². The number of aromatic nitrogens is 1. The van der Waals surface area contributed by atoms with Gasteiger partial charge in [0.2, 0.25) is 5.91 Å². The molecule has 1 N–H and O–H groups in total. The second-order valence-electron chi connectivity index (χ2n) is 4.43. The number of furan rings is 1. The average Bonchev–Trinajstić information content (AvgIpc) is 3.04. The summed E-state index contributed by atoms with van der Waals surface area (Å²) in [6, 6.07) is 3.58. The van der Waals surface area contributed by atoms with Crippen LogP contribution in [-0.2, 0) is 17.6 Å². The molecule has 2 aromatic rings. The molecule has 1 aliphatic carbocycles. The molecule has 1 amide bonds. The summed E-state index contributed by atoms with van der Waals surface area (Å²) < 4.78 is 5.12. The molecule has 0 aromatic carbocycles. The van der Waals surface area contributed by atoms with Crippen molar-refractivity contribution in [3.63, 3.8) is 0 Å². The average molecular weight is 274 g/mol. The normalized spacial score (nSPS) is 14.5. The minimum atomic E-state index is -0.178. The molecule has 0 unspecified atom stereocenters. The second kappa shape index (κ2) is 5.40. The first kappa shape index (κ1) is 12.2. The Bertz CT molecular complexity index is 575. The first-order valence-electron chi connectivity index (χ1n) is 6.32. The molecule has 0 saturated carbocycles. The first-order chi connectivity index (χ1) is 9.31. The Morgan fingerprint density at radius 1 is 1.42 bits per heavy atom. The highest BCUT2D eigenvalue weighted by atomic mass is 32.1. The fraction of sp³-hybridized carbons (Fsp3) is 0.286. The molecule has 0 saturated heterocycles. The van der Waals surface area contributed by atoms with Gasteiger partial charge in [0, 0.05) is 11.0 Å². The summed E-state index contributed by atoms with van der Waals surface area (Å²) in [5.41, 5.74) is 1.15. The van der Waals surface area contributed by atoms with Crippen LogP contribution in [0.1, 0.15) is 29.2 Å². The van der Waals surface area contributed by atoms with Crippen molar-refractivity contribution < 1.29 is 9.21 Å². The molecule has 2 heterocycles. The van der Waals surface area contributed by atoms with Gasteiger partial charge >= 0.3 is 0 Å². The van der Waals surface area contributed by atoms with Gasteiger partial charge in [-0.3, -0.25) is 10.1 Å². The number of carbonyl (C=O) groups is 1. The van der Waals surface area contributed by atoms with Crippen LogP contribution in [0.2, 0.25) is 0 Å². The third-order valence-electron chi connectivity index (χ3n) is 3.02. The van der Waals surface area contributed by atoms with Gasteiger partial charge < -0.3 is 4.42 Å². The number of anilines is 1. The van der Waals surface area contributed by atoms with Gasteiger partial charge in [-0.1, -0.05) is 0 Å². The quantitative estimate of drug-likeness (QED) is 0.874. The van der Waals surface area contributed by atoms with E-state index < -0.39 is 0 Å². The summed E-state index contributed by atoms with van der Waals surface area (Å²) in [6.07, 6.45) is 9.22. The number of nitrogens with zero attached hydrogens (tertiary/aromatic N) is 1. The van der Waals surface area contributed by atoms with E-state index in [1.165, 1.54) is 23.8 Å². The Morgan fingerprint density at radius 3 is 3.11 bits per heavy atom. The highest BCUT2D eigenvalue weighted by Crippen LogP contribution is 2.29. The third kappa shape index (κ3) is 2.93. The van der Waals surface area contributed by atoms with E-state index >= 15 is 0 Å². The van der Waals surface area contributed by atoms with Crippen LogP contribution in [-0.4, -0.2) is 10.9 Å². The molecule has 98 valence electrons. The molecule has 0 bridgehead atoms. The zero-order valence-corrected chi connectivity index (χ0v) is 11.2. The third-order valence-corrected chi connectivity index (χ3v) is 4.09. The molecule has 0 atom stereocenters. The maximum Gasteiger partial charge on any atom is 0.250 e. The molecule has 19 heavy (non-hydrogen) atoms. The smallest absolute Gasteiger partial charge is 0.250 e. The maximum atomic E-state index is 11.7. The predicted molar refractivity (Wildman–Crippen MR) is 75.1 cm³/mol. The lowest BCUT2D eigenvalue weighted by Gasteiger charge is -2.06. The van der Waals surface area contributed by atoms with Crippen LogP contribution in [0.3, 0.4) is 0 Å². The lowest BCUT2D eigenvalue weighted by Crippen LogP contribution is -2.07. The van der Waals surface area contributed by atoms with Crippen molar-refractivity contribution in [1.29, 1.82) is 0 Å². The first-order valence-corrected chi connectivity index (χ1v) is 7.14. The second-order valence-corrected chi connectivity index (χ2v) is 5.52. The summed E-state index contributed by atoms with van der Waals surface area (Å²) in [5.74, 6) is 0.482. The Kier molecular flexibility index (Phi) is 3.46. The lowest BCUT2D eigenvalue weighted by molar-refractivity contribution is -0.111. The molecular weight excluding hydrogens is 260 g/mol. The van der Waals surface area contributed by atoms with Crippen molar-refractivity contribution in [2.45, 2.75) is 25.7 Å². The lowest BCUT2D eigenvalue weighted by atomic mass is 10.0. The Labute approximate surface area is 115 Å². The Balaban J connectivity index is 1.64. The van der Waals surface area contributed by atoms with Gasteiger partial charge in [-0.15, -0.1) is 11.3 Å². The largest absolute Gasteiger partial charge is 0.465 e. The topological polar surface area (TPSA) is 55.1 Å². The number of hydrogen-bond donors (Lipinski definition) is 1. The summed E-state index contributed by atoms with van der Waals surface area (Å²) in [6.45, 7) is 0. The van der Waals surface area contributed by atoms with Crippen molar-refractivity contribution in [3.05, 3.63) is 40.8 Å². The molecule has 1 aliphatic rings. The van der Waals surface area contributed by atoms with E-state index in [1.807, 2.05) is 0 Å². The van der Waals surface area contributed by atoms with Gasteiger partial charge in [-0.2, -0.15) is 0 Å². The van der Waals surface area contributed by atoms with E-state index in [4.69, 9.17) is 4.42 Å². The van der Waals surface area contributed by atoms with Crippen molar-refractivity contribution in [3.8, 4) is 0 Å². The SMILES string of the molecule is O=C(/C=C/c1ccco1)Nc1nc2c(s1)CCCC2. The predicted octanol–water partition coefficient (Wildman–Crippen LogP) is 3.27. The molecule has 3 rings (SSSR count). The number of aryl methyl sites for hydroxylation is 2. The zero-order valence-electron chi connectivity index (χ0n) is 10.4. The summed E-state index contributed by atoms with van der Waals surface area (Å²) in [4.78, 5) is 17.5. The molecule has 5 heteroatoms. The van der Waals surface area contributed by atoms with Gasteiger partial charge in [0.1, 0.15) is 5.76 Å². The van der Waals surface area contributed by atoms with E-state index in [0.29, 0.717) is 10.9 Å². The van der Waals surface area contributed by atoms with Crippen molar-refractivity contribution in [1.82, 2.24) is 4.98 Å². The summed E-state index contributed by atoms with van der Waals surface area (Å²) >= 11 is 1.59. The van der Waals surface area contributed by atoms with Gasteiger partial charge in [0.25, 0.3) is 0 Å².